The topological polar surface area (TPSA) is 70.6 Å². The molecular formula is C28H24F3N3O3S. The number of hydrogen-bond acceptors (Lipinski definition) is 5. The van der Waals surface area contributed by atoms with Crippen molar-refractivity contribution < 1.29 is 26.4 Å². The second-order valence-electron chi connectivity index (χ2n) is 9.20. The number of benzene rings is 3. The molecule has 4 aromatic rings. The van der Waals surface area contributed by atoms with Crippen LogP contribution in [0.4, 0.5) is 13.2 Å². The summed E-state index contributed by atoms with van der Waals surface area (Å²) in [5, 5.41) is 0.665. The van der Waals surface area contributed by atoms with Crippen molar-refractivity contribution in [1.82, 2.24) is 14.8 Å². The van der Waals surface area contributed by atoms with E-state index in [1.54, 1.807) is 29.2 Å². The average Bonchev–Trinajstić information content (AvgIpc) is 2.91. The third-order valence-corrected chi connectivity index (χ3v) is 8.34. The van der Waals surface area contributed by atoms with Gasteiger partial charge in [-0.25, -0.2) is 21.6 Å². The Morgan fingerprint density at radius 2 is 1.55 bits per heavy atom. The lowest BCUT2D eigenvalue weighted by Crippen LogP contribution is -2.48. The van der Waals surface area contributed by atoms with E-state index in [2.05, 4.69) is 4.98 Å². The summed E-state index contributed by atoms with van der Waals surface area (Å²) in [4.78, 5) is 20.7. The number of aromatic nitrogens is 1. The van der Waals surface area contributed by atoms with Crippen molar-refractivity contribution in [2.45, 2.75) is 17.2 Å². The quantitative estimate of drug-likeness (QED) is 0.359. The van der Waals surface area contributed by atoms with Crippen LogP contribution >= 0.6 is 0 Å². The zero-order valence-electron chi connectivity index (χ0n) is 20.3. The van der Waals surface area contributed by atoms with Gasteiger partial charge in [0.1, 0.15) is 17.5 Å². The summed E-state index contributed by atoms with van der Waals surface area (Å²) in [6, 6.07) is 15.6. The highest BCUT2D eigenvalue weighted by Gasteiger charge is 2.25. The minimum Gasteiger partial charge on any atom is -0.336 e. The summed E-state index contributed by atoms with van der Waals surface area (Å²) in [6.07, 6.45) is 1.50. The molecule has 0 atom stereocenters. The molecule has 0 saturated carbocycles. The number of halogens is 3. The number of fused-ring (bicyclic) bond motifs is 1. The highest BCUT2D eigenvalue weighted by atomic mass is 32.2. The highest BCUT2D eigenvalue weighted by molar-refractivity contribution is 7.90. The summed E-state index contributed by atoms with van der Waals surface area (Å²) in [6.45, 7) is 1.94. The van der Waals surface area contributed by atoms with Gasteiger partial charge in [-0.05, 0) is 30.3 Å². The molecule has 0 N–H and O–H groups in total. The SMILES string of the molecule is O=C(c1ccc(CS(=O)(=O)c2cccc3cccnc23)c(F)c1)N1CCN(Cc2ccc(F)cc2F)CC1. The molecule has 2 heterocycles. The molecule has 0 spiro atoms. The van der Waals surface area contributed by atoms with E-state index in [1.807, 2.05) is 4.90 Å². The monoisotopic (exact) mass is 539 g/mol. The Balaban J connectivity index is 1.25. The Bertz CT molecular complexity index is 1620. The first kappa shape index (κ1) is 25.9. The van der Waals surface area contributed by atoms with E-state index < -0.39 is 33.0 Å². The van der Waals surface area contributed by atoms with Gasteiger partial charge in [0.05, 0.1) is 16.2 Å². The fourth-order valence-electron chi connectivity index (χ4n) is 4.59. The maximum Gasteiger partial charge on any atom is 0.254 e. The minimum atomic E-state index is -3.90. The second kappa shape index (κ2) is 10.5. The maximum absolute atomic E-state index is 15.0. The van der Waals surface area contributed by atoms with Gasteiger partial charge in [-0.3, -0.25) is 14.7 Å². The molecule has 3 aromatic carbocycles. The molecule has 0 unspecified atom stereocenters. The average molecular weight is 540 g/mol. The predicted molar refractivity (Wildman–Crippen MR) is 137 cm³/mol. The molecule has 0 bridgehead atoms. The van der Waals surface area contributed by atoms with E-state index in [1.165, 1.54) is 36.5 Å². The lowest BCUT2D eigenvalue weighted by molar-refractivity contribution is 0.0626. The van der Waals surface area contributed by atoms with Crippen molar-refractivity contribution in [2.24, 2.45) is 0 Å². The number of piperazine rings is 1. The largest absolute Gasteiger partial charge is 0.336 e. The van der Waals surface area contributed by atoms with Gasteiger partial charge < -0.3 is 4.90 Å². The van der Waals surface area contributed by atoms with Crippen molar-refractivity contribution in [3.63, 3.8) is 0 Å². The fraction of sp³-hybridized carbons (Fsp3) is 0.214. The predicted octanol–water partition coefficient (Wildman–Crippen LogP) is 4.58. The first-order valence-corrected chi connectivity index (χ1v) is 13.7. The summed E-state index contributed by atoms with van der Waals surface area (Å²) in [5.41, 5.74) is 0.774. The second-order valence-corrected chi connectivity index (χ2v) is 11.2. The molecule has 38 heavy (non-hydrogen) atoms. The normalized spacial score (nSPS) is 14.7. The fourth-order valence-corrected chi connectivity index (χ4v) is 6.14. The van der Waals surface area contributed by atoms with Crippen molar-refractivity contribution >= 4 is 26.6 Å². The summed E-state index contributed by atoms with van der Waals surface area (Å²) < 4.78 is 68.3. The van der Waals surface area contributed by atoms with Crippen LogP contribution in [0, 0.1) is 17.5 Å². The first-order chi connectivity index (χ1) is 18.2. The van der Waals surface area contributed by atoms with Crippen molar-refractivity contribution in [3.05, 3.63) is 107 Å². The van der Waals surface area contributed by atoms with E-state index in [0.717, 1.165) is 12.1 Å². The number of nitrogens with zero attached hydrogens (tertiary/aromatic N) is 3. The summed E-state index contributed by atoms with van der Waals surface area (Å²) in [7, 11) is -3.90. The molecule has 196 valence electrons. The summed E-state index contributed by atoms with van der Waals surface area (Å²) in [5.74, 6) is -2.97. The van der Waals surface area contributed by atoms with E-state index in [-0.39, 0.29) is 28.5 Å². The van der Waals surface area contributed by atoms with Gasteiger partial charge in [0.2, 0.25) is 0 Å². The van der Waals surface area contributed by atoms with Crippen LogP contribution in [0.15, 0.2) is 77.8 Å². The van der Waals surface area contributed by atoms with Crippen LogP contribution < -0.4 is 0 Å². The molecule has 6 nitrogen and oxygen atoms in total. The third-order valence-electron chi connectivity index (χ3n) is 6.64. The van der Waals surface area contributed by atoms with Crippen LogP contribution in [0.1, 0.15) is 21.5 Å². The van der Waals surface area contributed by atoms with Crippen LogP contribution in [-0.4, -0.2) is 55.3 Å². The molecular weight excluding hydrogens is 515 g/mol. The van der Waals surface area contributed by atoms with E-state index in [0.29, 0.717) is 42.6 Å². The Kier molecular flexibility index (Phi) is 7.18. The maximum atomic E-state index is 15.0. The molecule has 1 aromatic heterocycles. The van der Waals surface area contributed by atoms with Gasteiger partial charge in [0, 0.05) is 67.1 Å². The molecule has 5 rings (SSSR count). The molecule has 1 amide bonds. The number of rotatable bonds is 6. The van der Waals surface area contributed by atoms with Crippen LogP contribution in [0.2, 0.25) is 0 Å². The number of pyridine rings is 1. The molecule has 0 radical (unpaired) electrons. The lowest BCUT2D eigenvalue weighted by Gasteiger charge is -2.34. The van der Waals surface area contributed by atoms with Gasteiger partial charge >= 0.3 is 0 Å². The smallest absolute Gasteiger partial charge is 0.254 e. The van der Waals surface area contributed by atoms with Crippen LogP contribution in [0.25, 0.3) is 10.9 Å². The van der Waals surface area contributed by atoms with Gasteiger partial charge in [0.25, 0.3) is 5.91 Å². The van der Waals surface area contributed by atoms with Gasteiger partial charge in [-0.1, -0.05) is 30.3 Å². The van der Waals surface area contributed by atoms with Crippen molar-refractivity contribution in [1.29, 1.82) is 0 Å². The van der Waals surface area contributed by atoms with Gasteiger partial charge in [-0.2, -0.15) is 0 Å². The zero-order valence-corrected chi connectivity index (χ0v) is 21.1. The minimum absolute atomic E-state index is 0.0218. The standard InChI is InChI=1S/C28H24F3N3O3S/c29-23-9-8-21(25(31)16-23)17-33-11-13-34(14-12-33)28(35)20-6-7-22(24(30)15-20)18-38(36,37)26-5-1-3-19-4-2-10-32-27(19)26/h1-10,15-16H,11-14,17-18H2. The Hall–Kier alpha value is -3.76. The van der Waals surface area contributed by atoms with E-state index >= 15 is 0 Å². The van der Waals surface area contributed by atoms with Crippen molar-refractivity contribution in [3.8, 4) is 0 Å². The Morgan fingerprint density at radius 3 is 2.29 bits per heavy atom. The first-order valence-electron chi connectivity index (χ1n) is 12.0. The Labute approximate surface area is 218 Å². The van der Waals surface area contributed by atoms with Gasteiger partial charge in [-0.15, -0.1) is 0 Å². The van der Waals surface area contributed by atoms with Crippen LogP contribution in [0.5, 0.6) is 0 Å². The molecule has 10 heteroatoms. The molecule has 0 aliphatic carbocycles. The van der Waals surface area contributed by atoms with E-state index in [4.69, 9.17) is 0 Å². The summed E-state index contributed by atoms with van der Waals surface area (Å²) >= 11 is 0. The zero-order chi connectivity index (χ0) is 26.9. The number of carbonyl (C=O) groups is 1. The number of para-hydroxylation sites is 1. The van der Waals surface area contributed by atoms with Crippen molar-refractivity contribution in [2.75, 3.05) is 26.2 Å². The molecule has 1 fully saturated rings. The molecule has 1 aliphatic rings. The van der Waals surface area contributed by atoms with Gasteiger partial charge in [0.15, 0.2) is 9.84 Å². The Morgan fingerprint density at radius 1 is 0.842 bits per heavy atom. The number of carbonyl (C=O) groups excluding carboxylic acids is 1. The number of amides is 1. The van der Waals surface area contributed by atoms with E-state index in [9.17, 15) is 26.4 Å². The molecule has 1 saturated heterocycles. The number of hydrogen-bond donors (Lipinski definition) is 0. The van der Waals surface area contributed by atoms with Crippen LogP contribution in [0.3, 0.4) is 0 Å². The third kappa shape index (κ3) is 5.41. The lowest BCUT2D eigenvalue weighted by atomic mass is 10.1. The highest BCUT2D eigenvalue weighted by Crippen LogP contribution is 2.25. The van der Waals surface area contributed by atoms with Crippen LogP contribution in [-0.2, 0) is 22.1 Å². The molecule has 1 aliphatic heterocycles. The number of sulfone groups is 1.